The lowest BCUT2D eigenvalue weighted by Crippen LogP contribution is -2.12. The lowest BCUT2D eigenvalue weighted by molar-refractivity contribution is -0.116. The highest BCUT2D eigenvalue weighted by atomic mass is 16.1. The van der Waals surface area contributed by atoms with Crippen molar-refractivity contribution < 1.29 is 4.79 Å². The topological polar surface area (TPSA) is 54.9 Å². The summed E-state index contributed by atoms with van der Waals surface area (Å²) in [5.74, 6) is 0.0140. The number of hydrogen-bond donors (Lipinski definition) is 1. The van der Waals surface area contributed by atoms with Crippen LogP contribution >= 0.6 is 0 Å². The fourth-order valence-electron chi connectivity index (χ4n) is 2.08. The van der Waals surface area contributed by atoms with Crippen LogP contribution in [0.2, 0.25) is 0 Å². The molecular weight excluding hydrogens is 262 g/mol. The van der Waals surface area contributed by atoms with Crippen LogP contribution < -0.4 is 5.32 Å². The molecule has 0 saturated heterocycles. The quantitative estimate of drug-likeness (QED) is 0.847. The second-order valence-electron chi connectivity index (χ2n) is 5.10. The molecule has 0 radical (unpaired) electrons. The summed E-state index contributed by atoms with van der Waals surface area (Å²) in [4.78, 5) is 19.8. The third-order valence-electron chi connectivity index (χ3n) is 3.31. The predicted octanol–water partition coefficient (Wildman–Crippen LogP) is 3.39. The van der Waals surface area contributed by atoms with E-state index < -0.39 is 0 Å². The van der Waals surface area contributed by atoms with Gasteiger partial charge in [-0.2, -0.15) is 0 Å². The number of amides is 1. The molecule has 4 heteroatoms. The Morgan fingerprint density at radius 1 is 1.05 bits per heavy atom. The Bertz CT molecular complexity index is 552. The second kappa shape index (κ2) is 8.15. The number of aryl methyl sites for hydroxylation is 2. The van der Waals surface area contributed by atoms with Crippen LogP contribution in [-0.2, 0) is 17.6 Å². The summed E-state index contributed by atoms with van der Waals surface area (Å²) in [7, 11) is 0. The fraction of sp³-hybridized carbons (Fsp3) is 0.353. The molecule has 1 N–H and O–H groups in total. The van der Waals surface area contributed by atoms with Gasteiger partial charge >= 0.3 is 0 Å². The zero-order valence-electron chi connectivity index (χ0n) is 12.4. The maximum atomic E-state index is 11.9. The fourth-order valence-corrected chi connectivity index (χ4v) is 2.08. The van der Waals surface area contributed by atoms with Gasteiger partial charge in [0.2, 0.25) is 5.91 Å². The van der Waals surface area contributed by atoms with Gasteiger partial charge in [-0.3, -0.25) is 4.79 Å². The monoisotopic (exact) mass is 283 g/mol. The van der Waals surface area contributed by atoms with E-state index in [0.29, 0.717) is 12.8 Å². The van der Waals surface area contributed by atoms with Crippen LogP contribution in [0.3, 0.4) is 0 Å². The Kier molecular flexibility index (Phi) is 5.88. The molecular formula is C17H21N3O. The molecule has 21 heavy (non-hydrogen) atoms. The van der Waals surface area contributed by atoms with Gasteiger partial charge in [0.05, 0.1) is 0 Å². The number of aromatic nitrogens is 2. The molecule has 1 amide bonds. The summed E-state index contributed by atoms with van der Waals surface area (Å²) in [6.45, 7) is 2.19. The maximum absolute atomic E-state index is 11.9. The molecule has 4 nitrogen and oxygen atoms in total. The van der Waals surface area contributed by atoms with Crippen LogP contribution in [0.4, 0.5) is 5.69 Å². The molecule has 0 atom stereocenters. The number of anilines is 1. The number of nitrogens with zero attached hydrogens (tertiary/aromatic N) is 2. The van der Waals surface area contributed by atoms with Gasteiger partial charge in [-0.05, 0) is 42.5 Å². The Morgan fingerprint density at radius 3 is 2.43 bits per heavy atom. The molecule has 0 unspecified atom stereocenters. The van der Waals surface area contributed by atoms with E-state index in [0.717, 1.165) is 17.7 Å². The van der Waals surface area contributed by atoms with Crippen molar-refractivity contribution in [1.82, 2.24) is 9.97 Å². The van der Waals surface area contributed by atoms with Crippen LogP contribution in [0.5, 0.6) is 0 Å². The smallest absolute Gasteiger partial charge is 0.224 e. The Labute approximate surface area is 125 Å². The van der Waals surface area contributed by atoms with E-state index >= 15 is 0 Å². The van der Waals surface area contributed by atoms with Gasteiger partial charge in [-0.25, -0.2) is 9.97 Å². The van der Waals surface area contributed by atoms with Gasteiger partial charge in [-0.1, -0.05) is 25.5 Å². The minimum atomic E-state index is 0.0140. The minimum absolute atomic E-state index is 0.0140. The Balaban J connectivity index is 1.79. The Morgan fingerprint density at radius 2 is 1.76 bits per heavy atom. The number of benzene rings is 1. The first-order chi connectivity index (χ1) is 10.3. The summed E-state index contributed by atoms with van der Waals surface area (Å²) in [5.41, 5.74) is 3.14. The number of carbonyl (C=O) groups excluding carboxylic acids is 1. The van der Waals surface area contributed by atoms with Gasteiger partial charge in [-0.15, -0.1) is 0 Å². The molecule has 0 aliphatic heterocycles. The van der Waals surface area contributed by atoms with Crippen LogP contribution in [-0.4, -0.2) is 15.9 Å². The van der Waals surface area contributed by atoms with Crippen LogP contribution in [0, 0.1) is 0 Å². The predicted molar refractivity (Wildman–Crippen MR) is 84.0 cm³/mol. The average molecular weight is 283 g/mol. The zero-order valence-corrected chi connectivity index (χ0v) is 12.4. The van der Waals surface area contributed by atoms with E-state index in [1.807, 2.05) is 12.1 Å². The van der Waals surface area contributed by atoms with E-state index in [-0.39, 0.29) is 5.91 Å². The zero-order chi connectivity index (χ0) is 14.9. The minimum Gasteiger partial charge on any atom is -0.326 e. The molecule has 2 rings (SSSR count). The van der Waals surface area contributed by atoms with Gasteiger partial charge in [0.1, 0.15) is 6.33 Å². The van der Waals surface area contributed by atoms with Crippen molar-refractivity contribution in [2.75, 3.05) is 5.32 Å². The van der Waals surface area contributed by atoms with Crippen molar-refractivity contribution in [3.63, 3.8) is 0 Å². The van der Waals surface area contributed by atoms with Crippen molar-refractivity contribution >= 4 is 11.6 Å². The number of rotatable bonds is 7. The summed E-state index contributed by atoms with van der Waals surface area (Å²) in [6.07, 6.45) is 9.55. The largest absolute Gasteiger partial charge is 0.326 e. The lowest BCUT2D eigenvalue weighted by Gasteiger charge is -2.06. The lowest BCUT2D eigenvalue weighted by atomic mass is 10.1. The molecule has 0 fully saturated rings. The molecule has 2 aromatic rings. The summed E-state index contributed by atoms with van der Waals surface area (Å²) >= 11 is 0. The number of nitrogens with one attached hydrogen (secondary N) is 1. The highest BCUT2D eigenvalue weighted by Gasteiger charge is 2.03. The van der Waals surface area contributed by atoms with Crippen molar-refractivity contribution in [1.29, 1.82) is 0 Å². The van der Waals surface area contributed by atoms with Crippen LogP contribution in [0.15, 0.2) is 43.0 Å². The second-order valence-corrected chi connectivity index (χ2v) is 5.10. The number of carbonyl (C=O) groups is 1. The molecule has 0 aliphatic carbocycles. The van der Waals surface area contributed by atoms with E-state index in [1.165, 1.54) is 24.7 Å². The third-order valence-corrected chi connectivity index (χ3v) is 3.31. The van der Waals surface area contributed by atoms with Crippen molar-refractivity contribution in [2.24, 2.45) is 0 Å². The first-order valence-corrected chi connectivity index (χ1v) is 7.40. The van der Waals surface area contributed by atoms with Crippen molar-refractivity contribution in [2.45, 2.75) is 39.0 Å². The van der Waals surface area contributed by atoms with Crippen LogP contribution in [0.1, 0.15) is 37.3 Å². The molecule has 1 aromatic carbocycles. The number of hydrogen-bond acceptors (Lipinski definition) is 3. The molecule has 0 spiro atoms. The third kappa shape index (κ3) is 5.34. The SMILES string of the molecule is CCCCc1ccc(NC(=O)CCc2cncnc2)cc1. The molecule has 110 valence electrons. The van der Waals surface area contributed by atoms with Gasteiger partial charge in [0.25, 0.3) is 0 Å². The summed E-state index contributed by atoms with van der Waals surface area (Å²) < 4.78 is 0. The maximum Gasteiger partial charge on any atom is 0.224 e. The normalized spacial score (nSPS) is 10.3. The van der Waals surface area contributed by atoms with Gasteiger partial charge in [0, 0.05) is 24.5 Å². The molecule has 0 bridgehead atoms. The molecule has 1 aromatic heterocycles. The first-order valence-electron chi connectivity index (χ1n) is 7.40. The van der Waals surface area contributed by atoms with Gasteiger partial charge < -0.3 is 5.32 Å². The molecule has 1 heterocycles. The highest BCUT2D eigenvalue weighted by Crippen LogP contribution is 2.12. The Hall–Kier alpha value is -2.23. The molecule has 0 saturated carbocycles. The average Bonchev–Trinajstić information content (AvgIpc) is 2.53. The van der Waals surface area contributed by atoms with E-state index in [1.54, 1.807) is 12.4 Å². The first kappa shape index (κ1) is 15.2. The highest BCUT2D eigenvalue weighted by molar-refractivity contribution is 5.90. The van der Waals surface area contributed by atoms with E-state index in [4.69, 9.17) is 0 Å². The summed E-state index contributed by atoms with van der Waals surface area (Å²) in [6, 6.07) is 8.09. The van der Waals surface area contributed by atoms with Crippen molar-refractivity contribution in [3.8, 4) is 0 Å². The summed E-state index contributed by atoms with van der Waals surface area (Å²) in [5, 5.41) is 2.92. The van der Waals surface area contributed by atoms with Crippen molar-refractivity contribution in [3.05, 3.63) is 54.1 Å². The van der Waals surface area contributed by atoms with Gasteiger partial charge in [0.15, 0.2) is 0 Å². The van der Waals surface area contributed by atoms with E-state index in [9.17, 15) is 4.79 Å². The number of unbranched alkanes of at least 4 members (excludes halogenated alkanes) is 1. The standard InChI is InChI=1S/C17H21N3O/c1-2-3-4-14-5-8-16(9-6-14)20-17(21)10-7-15-11-18-13-19-12-15/h5-6,8-9,11-13H,2-4,7,10H2,1H3,(H,20,21). The molecule has 0 aliphatic rings. The van der Waals surface area contributed by atoms with Crippen LogP contribution in [0.25, 0.3) is 0 Å². The van der Waals surface area contributed by atoms with E-state index in [2.05, 4.69) is 34.3 Å².